The summed E-state index contributed by atoms with van der Waals surface area (Å²) in [4.78, 5) is 29.2. The molecule has 0 saturated heterocycles. The molecule has 1 amide bonds. The van der Waals surface area contributed by atoms with Gasteiger partial charge in [0.05, 0.1) is 19.4 Å². The van der Waals surface area contributed by atoms with Crippen LogP contribution < -0.4 is 11.1 Å². The summed E-state index contributed by atoms with van der Waals surface area (Å²) in [7, 11) is 1.32. The number of benzene rings is 2. The molecule has 0 aliphatic rings. The average Bonchev–Trinajstić information content (AvgIpc) is 3.32. The van der Waals surface area contributed by atoms with E-state index in [0.29, 0.717) is 17.5 Å². The second-order valence-corrected chi connectivity index (χ2v) is 7.23. The first-order chi connectivity index (χ1) is 14.9. The molecule has 0 aliphatic carbocycles. The SMILES string of the molecule is COC(=O)[C@H](Cc1cccc(C(=N)N)c1)[C@@H](C)NC(=O)c1ccc(-n2ccnc2)cc1. The van der Waals surface area contributed by atoms with Crippen LogP contribution in [0.25, 0.3) is 5.69 Å². The van der Waals surface area contributed by atoms with Crippen LogP contribution in [0.3, 0.4) is 0 Å². The maximum absolute atomic E-state index is 12.7. The zero-order valence-corrected chi connectivity index (χ0v) is 17.4. The van der Waals surface area contributed by atoms with E-state index in [1.54, 1.807) is 49.8 Å². The van der Waals surface area contributed by atoms with E-state index >= 15 is 0 Å². The van der Waals surface area contributed by atoms with Gasteiger partial charge in [0.2, 0.25) is 0 Å². The van der Waals surface area contributed by atoms with Gasteiger partial charge in [0.15, 0.2) is 0 Å². The minimum atomic E-state index is -0.596. The highest BCUT2D eigenvalue weighted by atomic mass is 16.5. The molecule has 0 aliphatic heterocycles. The van der Waals surface area contributed by atoms with Crippen molar-refractivity contribution in [2.45, 2.75) is 19.4 Å². The summed E-state index contributed by atoms with van der Waals surface area (Å²) in [5, 5.41) is 10.5. The van der Waals surface area contributed by atoms with Gasteiger partial charge in [0.1, 0.15) is 5.84 Å². The van der Waals surface area contributed by atoms with Crippen LogP contribution in [-0.2, 0) is 16.0 Å². The number of nitrogens with two attached hydrogens (primary N) is 1. The second kappa shape index (κ2) is 9.71. The highest BCUT2D eigenvalue weighted by molar-refractivity contribution is 5.95. The Bertz CT molecular complexity index is 1060. The lowest BCUT2D eigenvalue weighted by Crippen LogP contribution is -2.42. The van der Waals surface area contributed by atoms with E-state index < -0.39 is 17.9 Å². The molecule has 0 fully saturated rings. The molecule has 0 spiro atoms. The lowest BCUT2D eigenvalue weighted by molar-refractivity contribution is -0.146. The van der Waals surface area contributed by atoms with Crippen LogP contribution in [0.5, 0.6) is 0 Å². The largest absolute Gasteiger partial charge is 0.469 e. The van der Waals surface area contributed by atoms with Crippen LogP contribution in [0, 0.1) is 11.3 Å². The number of amidine groups is 1. The zero-order valence-electron chi connectivity index (χ0n) is 17.4. The molecule has 2 aromatic carbocycles. The standard InChI is InChI=1S/C23H25N5O3/c1-15(20(23(30)31-2)13-16-4-3-5-18(12-16)21(24)25)27-22(29)17-6-8-19(9-7-17)28-11-10-26-14-28/h3-12,14-15,20H,13H2,1-2H3,(H3,24,25)(H,27,29)/t15-,20-/m1/s1. The summed E-state index contributed by atoms with van der Waals surface area (Å²) in [6, 6.07) is 13.8. The number of nitrogens with one attached hydrogen (secondary N) is 2. The number of ether oxygens (including phenoxy) is 1. The number of nitrogens with zero attached hydrogens (tertiary/aromatic N) is 2. The third-order valence-corrected chi connectivity index (χ3v) is 5.09. The van der Waals surface area contributed by atoms with Crippen molar-refractivity contribution in [3.63, 3.8) is 0 Å². The van der Waals surface area contributed by atoms with Crippen molar-refractivity contribution >= 4 is 17.7 Å². The van der Waals surface area contributed by atoms with Crippen molar-refractivity contribution in [2.24, 2.45) is 11.7 Å². The van der Waals surface area contributed by atoms with E-state index in [9.17, 15) is 9.59 Å². The van der Waals surface area contributed by atoms with Crippen molar-refractivity contribution in [2.75, 3.05) is 7.11 Å². The van der Waals surface area contributed by atoms with Crippen LogP contribution in [-0.4, -0.2) is 40.4 Å². The molecule has 8 nitrogen and oxygen atoms in total. The molecule has 3 rings (SSSR count). The van der Waals surface area contributed by atoms with Gasteiger partial charge in [-0.05, 0) is 49.2 Å². The Morgan fingerprint density at radius 1 is 1.19 bits per heavy atom. The van der Waals surface area contributed by atoms with Gasteiger partial charge in [-0.25, -0.2) is 4.98 Å². The van der Waals surface area contributed by atoms with Crippen molar-refractivity contribution in [3.05, 3.63) is 83.9 Å². The topological polar surface area (TPSA) is 123 Å². The number of rotatable bonds is 8. The third-order valence-electron chi connectivity index (χ3n) is 5.09. The Morgan fingerprint density at radius 3 is 2.55 bits per heavy atom. The summed E-state index contributed by atoms with van der Waals surface area (Å²) >= 11 is 0. The maximum Gasteiger partial charge on any atom is 0.311 e. The van der Waals surface area contributed by atoms with Crippen LogP contribution in [0.2, 0.25) is 0 Å². The summed E-state index contributed by atoms with van der Waals surface area (Å²) < 4.78 is 6.80. The molecular weight excluding hydrogens is 394 g/mol. The molecule has 4 N–H and O–H groups in total. The highest BCUT2D eigenvalue weighted by Gasteiger charge is 2.28. The van der Waals surface area contributed by atoms with E-state index in [2.05, 4.69) is 10.3 Å². The van der Waals surface area contributed by atoms with Gasteiger partial charge in [-0.3, -0.25) is 15.0 Å². The highest BCUT2D eigenvalue weighted by Crippen LogP contribution is 2.17. The van der Waals surface area contributed by atoms with Crippen LogP contribution in [0.4, 0.5) is 0 Å². The second-order valence-electron chi connectivity index (χ2n) is 7.23. The number of nitrogen functional groups attached to an aromatic ring is 1. The Balaban J connectivity index is 1.72. The number of carbonyl (C=O) groups excluding carboxylic acids is 2. The number of carbonyl (C=O) groups is 2. The Kier molecular flexibility index (Phi) is 6.81. The molecular formula is C23H25N5O3. The fourth-order valence-corrected chi connectivity index (χ4v) is 3.32. The summed E-state index contributed by atoms with van der Waals surface area (Å²) in [6.07, 6.45) is 5.52. The predicted molar refractivity (Wildman–Crippen MR) is 117 cm³/mol. The average molecular weight is 419 g/mol. The Hall–Kier alpha value is -3.94. The zero-order chi connectivity index (χ0) is 22.4. The minimum Gasteiger partial charge on any atom is -0.469 e. The molecule has 1 heterocycles. The number of imidazole rings is 1. The van der Waals surface area contributed by atoms with E-state index in [1.165, 1.54) is 7.11 Å². The summed E-state index contributed by atoms with van der Waals surface area (Å²) in [5.41, 5.74) is 8.34. The van der Waals surface area contributed by atoms with Crippen molar-refractivity contribution in [3.8, 4) is 5.69 Å². The van der Waals surface area contributed by atoms with E-state index in [-0.39, 0.29) is 11.7 Å². The monoisotopic (exact) mass is 419 g/mol. The molecule has 160 valence electrons. The van der Waals surface area contributed by atoms with Gasteiger partial charge >= 0.3 is 5.97 Å². The van der Waals surface area contributed by atoms with Gasteiger partial charge in [-0.15, -0.1) is 0 Å². The molecule has 8 heteroatoms. The Labute approximate surface area is 180 Å². The summed E-state index contributed by atoms with van der Waals surface area (Å²) in [5.74, 6) is -1.34. The van der Waals surface area contributed by atoms with E-state index in [1.807, 2.05) is 29.0 Å². The number of esters is 1. The van der Waals surface area contributed by atoms with Crippen molar-refractivity contribution < 1.29 is 14.3 Å². The number of hydrogen-bond acceptors (Lipinski definition) is 5. The Morgan fingerprint density at radius 2 is 1.94 bits per heavy atom. The smallest absolute Gasteiger partial charge is 0.311 e. The quantitative estimate of drug-likeness (QED) is 0.294. The molecule has 1 aromatic heterocycles. The first-order valence-electron chi connectivity index (χ1n) is 9.79. The van der Waals surface area contributed by atoms with Gasteiger partial charge in [-0.2, -0.15) is 0 Å². The van der Waals surface area contributed by atoms with Gasteiger partial charge in [-0.1, -0.05) is 18.2 Å². The fourth-order valence-electron chi connectivity index (χ4n) is 3.32. The van der Waals surface area contributed by atoms with E-state index in [0.717, 1.165) is 11.3 Å². The first kappa shape index (κ1) is 21.8. The van der Waals surface area contributed by atoms with Crippen LogP contribution in [0.1, 0.15) is 28.4 Å². The van der Waals surface area contributed by atoms with E-state index in [4.69, 9.17) is 15.9 Å². The van der Waals surface area contributed by atoms with Gasteiger partial charge < -0.3 is 20.4 Å². The van der Waals surface area contributed by atoms with Gasteiger partial charge in [0, 0.05) is 35.2 Å². The van der Waals surface area contributed by atoms with Crippen LogP contribution in [0.15, 0.2) is 67.3 Å². The molecule has 3 aromatic rings. The van der Waals surface area contributed by atoms with Crippen molar-refractivity contribution in [1.29, 1.82) is 5.41 Å². The maximum atomic E-state index is 12.7. The minimum absolute atomic E-state index is 0.0445. The number of amides is 1. The number of hydrogen-bond donors (Lipinski definition) is 3. The van der Waals surface area contributed by atoms with Gasteiger partial charge in [0.25, 0.3) is 5.91 Å². The first-order valence-corrected chi connectivity index (χ1v) is 9.79. The number of aromatic nitrogens is 2. The third kappa shape index (κ3) is 5.36. The fraction of sp³-hybridized carbons (Fsp3) is 0.217. The molecule has 0 unspecified atom stereocenters. The lowest BCUT2D eigenvalue weighted by atomic mass is 9.92. The molecule has 0 saturated carbocycles. The van der Waals surface area contributed by atoms with Crippen LogP contribution >= 0.6 is 0 Å². The molecule has 31 heavy (non-hydrogen) atoms. The van der Waals surface area contributed by atoms with Crippen molar-refractivity contribution in [1.82, 2.24) is 14.9 Å². The summed E-state index contributed by atoms with van der Waals surface area (Å²) in [6.45, 7) is 1.77. The molecule has 0 radical (unpaired) electrons. The number of methoxy groups -OCH3 is 1. The normalized spacial score (nSPS) is 12.6. The molecule has 2 atom stereocenters. The lowest BCUT2D eigenvalue weighted by Gasteiger charge is -2.23. The predicted octanol–water partition coefficient (Wildman–Crippen LogP) is 2.31. The molecule has 0 bridgehead atoms.